The molecule has 0 aliphatic carbocycles. The van der Waals surface area contributed by atoms with E-state index in [-0.39, 0.29) is 31.1 Å². The quantitative estimate of drug-likeness (QED) is 0.212. The number of amides is 4. The van der Waals surface area contributed by atoms with Gasteiger partial charge in [0.2, 0.25) is 23.6 Å². The van der Waals surface area contributed by atoms with Crippen molar-refractivity contribution in [2.45, 2.75) is 78.0 Å². The van der Waals surface area contributed by atoms with E-state index >= 15 is 0 Å². The van der Waals surface area contributed by atoms with Crippen LogP contribution in [0, 0.1) is 11.8 Å². The smallest absolute Gasteiger partial charge is 0.326 e. The number of carboxylic acids is 1. The molecular weight excluding hydrogens is 394 g/mol. The second-order valence-corrected chi connectivity index (χ2v) is 8.11. The molecule has 0 aliphatic rings. The number of carboxylic acid groups (broad SMARTS) is 1. The summed E-state index contributed by atoms with van der Waals surface area (Å²) in [6, 6.07) is -4.16. The van der Waals surface area contributed by atoms with Crippen LogP contribution in [0.15, 0.2) is 0 Å². The van der Waals surface area contributed by atoms with Gasteiger partial charge >= 0.3 is 5.97 Å². The third-order valence-corrected chi connectivity index (χ3v) is 4.29. The summed E-state index contributed by atoms with van der Waals surface area (Å²) < 4.78 is 0. The Hall–Kier alpha value is -2.69. The van der Waals surface area contributed by atoms with Crippen LogP contribution < -0.4 is 27.4 Å². The van der Waals surface area contributed by atoms with E-state index in [9.17, 15) is 29.1 Å². The maximum absolute atomic E-state index is 12.7. The Kier molecular flexibility index (Phi) is 11.6. The van der Waals surface area contributed by atoms with Gasteiger partial charge in [0.25, 0.3) is 0 Å². The monoisotopic (exact) mass is 429 g/mol. The number of carbonyl (C=O) groups excluding carboxylic acids is 4. The highest BCUT2D eigenvalue weighted by Crippen LogP contribution is 2.09. The molecule has 0 spiro atoms. The van der Waals surface area contributed by atoms with Crippen molar-refractivity contribution in [2.24, 2.45) is 23.3 Å². The fourth-order valence-electron chi connectivity index (χ4n) is 2.60. The Morgan fingerprint density at radius 2 is 1.37 bits per heavy atom. The van der Waals surface area contributed by atoms with Crippen LogP contribution in [-0.4, -0.2) is 58.9 Å². The zero-order valence-corrected chi connectivity index (χ0v) is 18.2. The first-order chi connectivity index (χ1) is 13.8. The molecule has 8 N–H and O–H groups in total. The van der Waals surface area contributed by atoms with Crippen molar-refractivity contribution >= 4 is 29.6 Å². The highest BCUT2D eigenvalue weighted by atomic mass is 16.4. The zero-order chi connectivity index (χ0) is 23.6. The molecule has 11 heteroatoms. The molecule has 0 saturated carbocycles. The molecule has 0 rings (SSSR count). The van der Waals surface area contributed by atoms with Gasteiger partial charge in [-0.1, -0.05) is 27.7 Å². The molecule has 0 aliphatic heterocycles. The first-order valence-corrected chi connectivity index (χ1v) is 9.94. The molecule has 0 radical (unpaired) electrons. The first-order valence-electron chi connectivity index (χ1n) is 9.94. The second-order valence-electron chi connectivity index (χ2n) is 8.11. The normalized spacial score (nSPS) is 15.1. The average Bonchev–Trinajstić information content (AvgIpc) is 2.60. The minimum Gasteiger partial charge on any atom is -0.480 e. The summed E-state index contributed by atoms with van der Waals surface area (Å²) in [6.07, 6.45) is -0.00594. The Bertz CT molecular complexity index is 635. The molecule has 30 heavy (non-hydrogen) atoms. The molecule has 11 nitrogen and oxygen atoms in total. The lowest BCUT2D eigenvalue weighted by atomic mass is 9.99. The minimum atomic E-state index is -1.17. The summed E-state index contributed by atoms with van der Waals surface area (Å²) in [5.41, 5.74) is 10.6. The van der Waals surface area contributed by atoms with Gasteiger partial charge in [0.15, 0.2) is 0 Å². The van der Waals surface area contributed by atoms with Crippen LogP contribution in [0.25, 0.3) is 0 Å². The van der Waals surface area contributed by atoms with Gasteiger partial charge < -0.3 is 32.5 Å². The van der Waals surface area contributed by atoms with E-state index < -0.39 is 53.8 Å². The highest BCUT2D eigenvalue weighted by molar-refractivity contribution is 5.94. The van der Waals surface area contributed by atoms with Crippen LogP contribution in [0.3, 0.4) is 0 Å². The Labute approximate surface area is 176 Å². The number of hydrogen-bond acceptors (Lipinski definition) is 6. The zero-order valence-electron chi connectivity index (χ0n) is 18.2. The maximum atomic E-state index is 12.7. The van der Waals surface area contributed by atoms with Gasteiger partial charge in [0, 0.05) is 6.42 Å². The van der Waals surface area contributed by atoms with Crippen LogP contribution in [0.4, 0.5) is 0 Å². The van der Waals surface area contributed by atoms with Gasteiger partial charge in [-0.25, -0.2) is 4.79 Å². The van der Waals surface area contributed by atoms with Crippen molar-refractivity contribution in [1.82, 2.24) is 16.0 Å². The predicted molar refractivity (Wildman–Crippen MR) is 110 cm³/mol. The number of nitrogens with two attached hydrogens (primary N) is 2. The van der Waals surface area contributed by atoms with Crippen molar-refractivity contribution < 1.29 is 29.1 Å². The van der Waals surface area contributed by atoms with Gasteiger partial charge in [-0.3, -0.25) is 19.2 Å². The summed E-state index contributed by atoms with van der Waals surface area (Å²) in [4.78, 5) is 59.8. The molecule has 0 aromatic heterocycles. The van der Waals surface area contributed by atoms with Crippen LogP contribution in [0.5, 0.6) is 0 Å². The summed E-state index contributed by atoms with van der Waals surface area (Å²) >= 11 is 0. The van der Waals surface area contributed by atoms with Gasteiger partial charge in [-0.05, 0) is 31.6 Å². The van der Waals surface area contributed by atoms with Crippen molar-refractivity contribution in [3.05, 3.63) is 0 Å². The molecule has 172 valence electrons. The second kappa shape index (κ2) is 12.8. The Morgan fingerprint density at radius 3 is 1.77 bits per heavy atom. The molecule has 0 fully saturated rings. The molecule has 0 bridgehead atoms. The average molecular weight is 430 g/mol. The van der Waals surface area contributed by atoms with Crippen molar-refractivity contribution in [2.75, 3.05) is 0 Å². The molecule has 4 amide bonds. The standard InChI is InChI=1S/C19H35N5O6/c1-9(2)8-13(19(29)30)23-18(28)15(10(3)4)24-17(27)12(6-7-14(21)25)22-16(26)11(5)20/h9-13,15H,6-8,20H2,1-5H3,(H2,21,25)(H,22,26)(H,23,28)(H,24,27)(H,29,30). The number of primary amides is 1. The Morgan fingerprint density at radius 1 is 0.833 bits per heavy atom. The van der Waals surface area contributed by atoms with Crippen molar-refractivity contribution in [1.29, 1.82) is 0 Å². The van der Waals surface area contributed by atoms with E-state index in [1.165, 1.54) is 6.92 Å². The van der Waals surface area contributed by atoms with E-state index in [4.69, 9.17) is 11.5 Å². The fraction of sp³-hybridized carbons (Fsp3) is 0.737. The molecule has 0 heterocycles. The number of hydrogen-bond donors (Lipinski definition) is 6. The summed E-state index contributed by atoms with van der Waals surface area (Å²) in [5.74, 6) is -4.12. The minimum absolute atomic E-state index is 0.0325. The molecule has 0 aromatic rings. The van der Waals surface area contributed by atoms with Crippen LogP contribution in [0.2, 0.25) is 0 Å². The topological polar surface area (TPSA) is 194 Å². The molecular formula is C19H35N5O6. The Balaban J connectivity index is 5.38. The van der Waals surface area contributed by atoms with Gasteiger partial charge in [0.05, 0.1) is 6.04 Å². The third-order valence-electron chi connectivity index (χ3n) is 4.29. The predicted octanol–water partition coefficient (Wildman–Crippen LogP) is -1.16. The fourth-order valence-corrected chi connectivity index (χ4v) is 2.60. The lowest BCUT2D eigenvalue weighted by Crippen LogP contribution is -2.58. The van der Waals surface area contributed by atoms with E-state index in [2.05, 4.69) is 16.0 Å². The van der Waals surface area contributed by atoms with Gasteiger partial charge in [0.1, 0.15) is 18.1 Å². The largest absolute Gasteiger partial charge is 0.480 e. The first kappa shape index (κ1) is 27.3. The van der Waals surface area contributed by atoms with Crippen molar-refractivity contribution in [3.63, 3.8) is 0 Å². The molecule has 4 unspecified atom stereocenters. The number of aliphatic carboxylic acids is 1. The van der Waals surface area contributed by atoms with E-state index in [0.717, 1.165) is 0 Å². The van der Waals surface area contributed by atoms with Crippen LogP contribution in [-0.2, 0) is 24.0 Å². The SMILES string of the molecule is CC(C)CC(NC(=O)C(NC(=O)C(CCC(N)=O)NC(=O)C(C)N)C(C)C)C(=O)O. The number of rotatable bonds is 13. The number of carbonyl (C=O) groups is 5. The molecule has 4 atom stereocenters. The van der Waals surface area contributed by atoms with Gasteiger partial charge in [-0.15, -0.1) is 0 Å². The van der Waals surface area contributed by atoms with Crippen LogP contribution in [0.1, 0.15) is 53.9 Å². The van der Waals surface area contributed by atoms with Gasteiger partial charge in [-0.2, -0.15) is 0 Å². The molecule has 0 saturated heterocycles. The lowest BCUT2D eigenvalue weighted by Gasteiger charge is -2.27. The maximum Gasteiger partial charge on any atom is 0.326 e. The van der Waals surface area contributed by atoms with E-state index in [0.29, 0.717) is 0 Å². The number of nitrogens with one attached hydrogen (secondary N) is 3. The van der Waals surface area contributed by atoms with Crippen LogP contribution >= 0.6 is 0 Å². The summed E-state index contributed by atoms with van der Waals surface area (Å²) in [6.45, 7) is 8.45. The molecule has 0 aromatic carbocycles. The van der Waals surface area contributed by atoms with Crippen molar-refractivity contribution in [3.8, 4) is 0 Å². The lowest BCUT2D eigenvalue weighted by molar-refractivity contribution is -0.143. The third kappa shape index (κ3) is 10.2. The van der Waals surface area contributed by atoms with E-state index in [1.807, 2.05) is 13.8 Å². The highest BCUT2D eigenvalue weighted by Gasteiger charge is 2.31. The summed E-state index contributed by atoms with van der Waals surface area (Å²) in [7, 11) is 0. The van der Waals surface area contributed by atoms with E-state index in [1.54, 1.807) is 13.8 Å². The summed E-state index contributed by atoms with van der Waals surface area (Å²) in [5, 5.41) is 16.7.